The van der Waals surface area contributed by atoms with Crippen LogP contribution in [0.3, 0.4) is 0 Å². The smallest absolute Gasteiger partial charge is 0.303 e. The lowest BCUT2D eigenvalue weighted by Gasteiger charge is -2.10. The maximum Gasteiger partial charge on any atom is 0.303 e. The first-order chi connectivity index (χ1) is 8.38. The van der Waals surface area contributed by atoms with Crippen molar-refractivity contribution in [2.24, 2.45) is 5.92 Å². The Labute approximate surface area is 115 Å². The van der Waals surface area contributed by atoms with Gasteiger partial charge in [0, 0.05) is 17.9 Å². The lowest BCUT2D eigenvalue weighted by atomic mass is 10.0. The first kappa shape index (κ1) is 14.8. The van der Waals surface area contributed by atoms with Crippen LogP contribution in [0.25, 0.3) is 0 Å². The molecular weight excluding hydrogens is 277 g/mol. The molecule has 0 aliphatic carbocycles. The van der Waals surface area contributed by atoms with Gasteiger partial charge in [0.05, 0.1) is 10.7 Å². The summed E-state index contributed by atoms with van der Waals surface area (Å²) >= 11 is 11.6. The fourth-order valence-electron chi connectivity index (χ4n) is 1.48. The molecule has 6 heteroatoms. The monoisotopic (exact) mass is 289 g/mol. The number of aliphatic carboxylic acids is 1. The number of carbonyl (C=O) groups is 2. The van der Waals surface area contributed by atoms with Crippen LogP contribution >= 0.6 is 23.2 Å². The van der Waals surface area contributed by atoms with Gasteiger partial charge in [0.1, 0.15) is 0 Å². The quantitative estimate of drug-likeness (QED) is 0.873. The Morgan fingerprint density at radius 1 is 1.33 bits per heavy atom. The topological polar surface area (TPSA) is 66.4 Å². The fraction of sp³-hybridized carbons (Fsp3) is 0.333. The Bertz CT molecular complexity index is 463. The minimum atomic E-state index is -0.917. The maximum absolute atomic E-state index is 11.6. The molecule has 0 aromatic heterocycles. The fourth-order valence-corrected chi connectivity index (χ4v) is 1.93. The van der Waals surface area contributed by atoms with Crippen molar-refractivity contribution >= 4 is 40.8 Å². The summed E-state index contributed by atoms with van der Waals surface area (Å²) in [5.74, 6) is -1.42. The molecule has 0 fully saturated rings. The van der Waals surface area contributed by atoms with Crippen LogP contribution in [0.15, 0.2) is 18.2 Å². The molecule has 0 saturated heterocycles. The van der Waals surface area contributed by atoms with Crippen LogP contribution in [0.5, 0.6) is 0 Å². The lowest BCUT2D eigenvalue weighted by Crippen LogP contribution is -2.17. The van der Waals surface area contributed by atoms with E-state index in [4.69, 9.17) is 28.3 Å². The molecule has 1 atom stereocenters. The van der Waals surface area contributed by atoms with Crippen molar-refractivity contribution in [1.29, 1.82) is 0 Å². The largest absolute Gasteiger partial charge is 0.481 e. The first-order valence-corrected chi connectivity index (χ1v) is 6.10. The predicted molar refractivity (Wildman–Crippen MR) is 71.1 cm³/mol. The van der Waals surface area contributed by atoms with Crippen molar-refractivity contribution in [3.63, 3.8) is 0 Å². The average Bonchev–Trinajstić information content (AvgIpc) is 2.20. The summed E-state index contributed by atoms with van der Waals surface area (Å²) < 4.78 is 0. The molecule has 1 aromatic rings. The van der Waals surface area contributed by atoms with E-state index in [2.05, 4.69) is 5.32 Å². The van der Waals surface area contributed by atoms with Crippen LogP contribution in [0, 0.1) is 5.92 Å². The highest BCUT2D eigenvalue weighted by Gasteiger charge is 2.13. The van der Waals surface area contributed by atoms with Gasteiger partial charge in [0.25, 0.3) is 0 Å². The normalized spacial score (nSPS) is 11.9. The molecule has 0 aliphatic heterocycles. The van der Waals surface area contributed by atoms with Gasteiger partial charge in [-0.05, 0) is 24.1 Å². The zero-order chi connectivity index (χ0) is 13.7. The van der Waals surface area contributed by atoms with Gasteiger partial charge in [-0.25, -0.2) is 0 Å². The molecule has 0 bridgehead atoms. The van der Waals surface area contributed by atoms with Crippen LogP contribution in [-0.2, 0) is 9.59 Å². The second-order valence-electron chi connectivity index (χ2n) is 4.08. The standard InChI is InChI=1S/C12H13Cl2NO3/c1-7(5-12(17)18)4-11(16)15-10-3-2-8(13)6-9(10)14/h2-3,6-7H,4-5H2,1H3,(H,15,16)(H,17,18). The van der Waals surface area contributed by atoms with Crippen molar-refractivity contribution in [3.8, 4) is 0 Å². The van der Waals surface area contributed by atoms with E-state index in [1.807, 2.05) is 0 Å². The van der Waals surface area contributed by atoms with Crippen molar-refractivity contribution in [2.75, 3.05) is 5.32 Å². The Kier molecular flexibility index (Phi) is 5.44. The molecular formula is C12H13Cl2NO3. The molecule has 2 N–H and O–H groups in total. The van der Waals surface area contributed by atoms with Crippen molar-refractivity contribution in [1.82, 2.24) is 0 Å². The molecule has 18 heavy (non-hydrogen) atoms. The van der Waals surface area contributed by atoms with E-state index in [1.54, 1.807) is 19.1 Å². The molecule has 0 radical (unpaired) electrons. The van der Waals surface area contributed by atoms with Crippen molar-refractivity contribution in [2.45, 2.75) is 19.8 Å². The van der Waals surface area contributed by atoms with E-state index in [-0.39, 0.29) is 24.7 Å². The summed E-state index contributed by atoms with van der Waals surface area (Å²) in [6, 6.07) is 4.74. The van der Waals surface area contributed by atoms with Gasteiger partial charge >= 0.3 is 5.97 Å². The molecule has 0 heterocycles. The zero-order valence-electron chi connectivity index (χ0n) is 9.74. The first-order valence-electron chi connectivity index (χ1n) is 5.35. The van der Waals surface area contributed by atoms with Gasteiger partial charge < -0.3 is 10.4 Å². The van der Waals surface area contributed by atoms with E-state index < -0.39 is 5.97 Å². The third-order valence-electron chi connectivity index (χ3n) is 2.26. The van der Waals surface area contributed by atoms with Gasteiger partial charge in [0.2, 0.25) is 5.91 Å². The summed E-state index contributed by atoms with van der Waals surface area (Å²) in [5.41, 5.74) is 0.466. The van der Waals surface area contributed by atoms with Crippen LogP contribution in [0.1, 0.15) is 19.8 Å². The zero-order valence-corrected chi connectivity index (χ0v) is 11.3. The second kappa shape index (κ2) is 6.61. The number of benzene rings is 1. The SMILES string of the molecule is CC(CC(=O)O)CC(=O)Nc1ccc(Cl)cc1Cl. The number of carbonyl (C=O) groups excluding carboxylic acids is 1. The van der Waals surface area contributed by atoms with E-state index >= 15 is 0 Å². The number of amides is 1. The maximum atomic E-state index is 11.6. The van der Waals surface area contributed by atoms with Crippen molar-refractivity contribution in [3.05, 3.63) is 28.2 Å². The number of nitrogens with one attached hydrogen (secondary N) is 1. The summed E-state index contributed by atoms with van der Waals surface area (Å²) in [6.45, 7) is 1.71. The van der Waals surface area contributed by atoms with E-state index in [0.717, 1.165) is 0 Å². The second-order valence-corrected chi connectivity index (χ2v) is 4.92. The summed E-state index contributed by atoms with van der Waals surface area (Å²) in [5, 5.41) is 12.0. The van der Waals surface area contributed by atoms with Gasteiger partial charge in [-0.1, -0.05) is 30.1 Å². The number of carboxylic acids is 1. The average molecular weight is 290 g/mol. The number of anilines is 1. The third-order valence-corrected chi connectivity index (χ3v) is 2.81. The number of halogens is 2. The molecule has 1 aromatic carbocycles. The van der Waals surface area contributed by atoms with E-state index in [9.17, 15) is 9.59 Å². The minimum absolute atomic E-state index is 0.0399. The molecule has 0 aliphatic rings. The van der Waals surface area contributed by atoms with Crippen LogP contribution < -0.4 is 5.32 Å². The molecule has 0 spiro atoms. The summed E-state index contributed by atoms with van der Waals surface area (Å²) in [6.07, 6.45) is 0.0903. The Hall–Kier alpha value is -1.26. The van der Waals surface area contributed by atoms with E-state index in [0.29, 0.717) is 15.7 Å². The highest BCUT2D eigenvalue weighted by Crippen LogP contribution is 2.25. The van der Waals surface area contributed by atoms with Crippen LogP contribution in [0.2, 0.25) is 10.0 Å². The Morgan fingerprint density at radius 2 is 2.00 bits per heavy atom. The van der Waals surface area contributed by atoms with Gasteiger partial charge in [0.15, 0.2) is 0 Å². The highest BCUT2D eigenvalue weighted by atomic mass is 35.5. The van der Waals surface area contributed by atoms with Crippen LogP contribution in [0.4, 0.5) is 5.69 Å². The third kappa shape index (κ3) is 4.94. The Morgan fingerprint density at radius 3 is 2.56 bits per heavy atom. The van der Waals surface area contributed by atoms with Gasteiger partial charge in [-0.3, -0.25) is 9.59 Å². The van der Waals surface area contributed by atoms with Crippen LogP contribution in [-0.4, -0.2) is 17.0 Å². The number of hydrogen-bond donors (Lipinski definition) is 2. The van der Waals surface area contributed by atoms with Crippen molar-refractivity contribution < 1.29 is 14.7 Å². The minimum Gasteiger partial charge on any atom is -0.481 e. The molecule has 4 nitrogen and oxygen atoms in total. The lowest BCUT2D eigenvalue weighted by molar-refractivity contribution is -0.138. The predicted octanol–water partition coefficient (Wildman–Crippen LogP) is 3.43. The number of rotatable bonds is 5. The number of carboxylic acid groups (broad SMARTS) is 1. The van der Waals surface area contributed by atoms with E-state index in [1.165, 1.54) is 6.07 Å². The summed E-state index contributed by atoms with van der Waals surface area (Å²) in [4.78, 5) is 22.1. The number of hydrogen-bond acceptors (Lipinski definition) is 2. The van der Waals surface area contributed by atoms with Gasteiger partial charge in [-0.2, -0.15) is 0 Å². The molecule has 0 saturated carbocycles. The highest BCUT2D eigenvalue weighted by molar-refractivity contribution is 6.36. The summed E-state index contributed by atoms with van der Waals surface area (Å²) in [7, 11) is 0. The Balaban J connectivity index is 2.56. The molecule has 1 rings (SSSR count). The van der Waals surface area contributed by atoms with Gasteiger partial charge in [-0.15, -0.1) is 0 Å². The molecule has 1 amide bonds. The molecule has 1 unspecified atom stereocenters. The molecule has 98 valence electrons.